The summed E-state index contributed by atoms with van der Waals surface area (Å²) in [4.78, 5) is 4.06. The van der Waals surface area contributed by atoms with Crippen molar-refractivity contribution in [3.63, 3.8) is 0 Å². The van der Waals surface area contributed by atoms with E-state index in [2.05, 4.69) is 10.1 Å². The normalized spacial score (nSPS) is 10.2. The van der Waals surface area contributed by atoms with Crippen LogP contribution in [0.3, 0.4) is 0 Å². The molecule has 6 nitrogen and oxygen atoms in total. The van der Waals surface area contributed by atoms with Crippen molar-refractivity contribution in [2.24, 2.45) is 7.05 Å². The van der Waals surface area contributed by atoms with Gasteiger partial charge in [0, 0.05) is 13.1 Å². The lowest BCUT2D eigenvalue weighted by Gasteiger charge is -2.09. The summed E-state index contributed by atoms with van der Waals surface area (Å²) < 4.78 is 12.3. The number of nitrogen functional groups attached to an aromatic ring is 1. The molecular weight excluding hydrogens is 220 g/mol. The number of aromatic nitrogens is 3. The van der Waals surface area contributed by atoms with E-state index in [-0.39, 0.29) is 0 Å². The standard InChI is InChI=1S/C11H14N4O2/c1-15-11(13-7-14-15)6-17-10-5-8(16-2)3-4-9(10)12/h3-5,7H,6,12H2,1-2H3. The van der Waals surface area contributed by atoms with Gasteiger partial charge >= 0.3 is 0 Å². The molecule has 0 unspecified atom stereocenters. The Morgan fingerprint density at radius 3 is 2.88 bits per heavy atom. The topological polar surface area (TPSA) is 75.2 Å². The fraction of sp³-hybridized carbons (Fsp3) is 0.273. The number of hydrogen-bond acceptors (Lipinski definition) is 5. The maximum Gasteiger partial charge on any atom is 0.164 e. The Morgan fingerprint density at radius 2 is 2.24 bits per heavy atom. The lowest BCUT2D eigenvalue weighted by molar-refractivity contribution is 0.289. The van der Waals surface area contributed by atoms with Gasteiger partial charge in [-0.3, -0.25) is 4.68 Å². The molecule has 0 radical (unpaired) electrons. The lowest BCUT2D eigenvalue weighted by Crippen LogP contribution is -2.05. The van der Waals surface area contributed by atoms with Crippen LogP contribution in [0.15, 0.2) is 24.5 Å². The zero-order valence-electron chi connectivity index (χ0n) is 9.75. The van der Waals surface area contributed by atoms with Crippen molar-refractivity contribution in [1.29, 1.82) is 0 Å². The first-order chi connectivity index (χ1) is 8.20. The van der Waals surface area contributed by atoms with Gasteiger partial charge in [-0.25, -0.2) is 4.98 Å². The lowest BCUT2D eigenvalue weighted by atomic mass is 10.3. The molecular formula is C11H14N4O2. The van der Waals surface area contributed by atoms with Crippen LogP contribution in [0, 0.1) is 0 Å². The molecule has 0 saturated carbocycles. The van der Waals surface area contributed by atoms with Crippen LogP contribution in [-0.2, 0) is 13.7 Å². The van der Waals surface area contributed by atoms with Gasteiger partial charge < -0.3 is 15.2 Å². The second kappa shape index (κ2) is 4.73. The second-order valence-electron chi connectivity index (χ2n) is 3.49. The van der Waals surface area contributed by atoms with Crippen molar-refractivity contribution in [1.82, 2.24) is 14.8 Å². The van der Waals surface area contributed by atoms with Crippen LogP contribution in [0.2, 0.25) is 0 Å². The van der Waals surface area contributed by atoms with Crippen molar-refractivity contribution in [2.75, 3.05) is 12.8 Å². The fourth-order valence-electron chi connectivity index (χ4n) is 1.36. The minimum atomic E-state index is 0.313. The molecule has 0 spiro atoms. The first-order valence-electron chi connectivity index (χ1n) is 5.10. The van der Waals surface area contributed by atoms with E-state index in [1.54, 1.807) is 37.0 Å². The van der Waals surface area contributed by atoms with Crippen molar-refractivity contribution >= 4 is 5.69 Å². The van der Waals surface area contributed by atoms with E-state index in [1.165, 1.54) is 6.33 Å². The third-order valence-corrected chi connectivity index (χ3v) is 2.38. The highest BCUT2D eigenvalue weighted by molar-refractivity contribution is 5.55. The first-order valence-corrected chi connectivity index (χ1v) is 5.10. The average molecular weight is 234 g/mol. The molecule has 0 bridgehead atoms. The van der Waals surface area contributed by atoms with E-state index in [0.717, 1.165) is 5.82 Å². The van der Waals surface area contributed by atoms with E-state index in [0.29, 0.717) is 23.8 Å². The van der Waals surface area contributed by atoms with Crippen molar-refractivity contribution in [3.8, 4) is 11.5 Å². The molecule has 2 N–H and O–H groups in total. The summed E-state index contributed by atoms with van der Waals surface area (Å²) in [6, 6.07) is 5.26. The molecule has 0 aliphatic rings. The molecule has 17 heavy (non-hydrogen) atoms. The van der Waals surface area contributed by atoms with Crippen LogP contribution in [-0.4, -0.2) is 21.9 Å². The van der Waals surface area contributed by atoms with Gasteiger partial charge in [0.05, 0.1) is 12.8 Å². The molecule has 1 heterocycles. The van der Waals surface area contributed by atoms with Gasteiger partial charge in [-0.1, -0.05) is 0 Å². The van der Waals surface area contributed by atoms with Gasteiger partial charge in [0.2, 0.25) is 0 Å². The van der Waals surface area contributed by atoms with Gasteiger partial charge in [-0.2, -0.15) is 5.10 Å². The quantitative estimate of drug-likeness (QED) is 0.798. The summed E-state index contributed by atoms with van der Waals surface area (Å²) in [6.45, 7) is 0.313. The number of nitrogens with zero attached hydrogens (tertiary/aromatic N) is 3. The molecule has 0 aliphatic carbocycles. The Bertz CT molecular complexity index is 510. The molecule has 6 heteroatoms. The zero-order chi connectivity index (χ0) is 12.3. The summed E-state index contributed by atoms with van der Waals surface area (Å²) in [6.07, 6.45) is 1.48. The molecule has 0 atom stereocenters. The minimum absolute atomic E-state index is 0.313. The Kier molecular flexibility index (Phi) is 3.13. The Morgan fingerprint density at radius 1 is 1.41 bits per heavy atom. The van der Waals surface area contributed by atoms with Crippen LogP contribution >= 0.6 is 0 Å². The predicted molar refractivity (Wildman–Crippen MR) is 62.7 cm³/mol. The van der Waals surface area contributed by atoms with Crippen LogP contribution in [0.4, 0.5) is 5.69 Å². The molecule has 90 valence electrons. The number of aryl methyl sites for hydroxylation is 1. The second-order valence-corrected chi connectivity index (χ2v) is 3.49. The van der Waals surface area contributed by atoms with Crippen molar-refractivity contribution in [3.05, 3.63) is 30.4 Å². The molecule has 0 amide bonds. The first kappa shape index (κ1) is 11.3. The minimum Gasteiger partial charge on any atom is -0.497 e. The van der Waals surface area contributed by atoms with Crippen LogP contribution in [0.5, 0.6) is 11.5 Å². The van der Waals surface area contributed by atoms with E-state index in [9.17, 15) is 0 Å². The summed E-state index contributed by atoms with van der Waals surface area (Å²) in [5.74, 6) is 2.01. The molecule has 1 aromatic carbocycles. The molecule has 2 aromatic rings. The molecule has 0 saturated heterocycles. The summed E-state index contributed by atoms with van der Waals surface area (Å²) in [5, 5.41) is 3.95. The number of ether oxygens (including phenoxy) is 2. The highest BCUT2D eigenvalue weighted by Gasteiger charge is 2.05. The molecule has 1 aromatic heterocycles. The molecule has 2 rings (SSSR count). The predicted octanol–water partition coefficient (Wildman–Crippen LogP) is 0.985. The van der Waals surface area contributed by atoms with E-state index in [1.807, 2.05) is 0 Å². The van der Waals surface area contributed by atoms with Gasteiger partial charge in [-0.15, -0.1) is 0 Å². The largest absolute Gasteiger partial charge is 0.497 e. The van der Waals surface area contributed by atoms with Crippen molar-refractivity contribution in [2.45, 2.75) is 6.61 Å². The summed E-state index contributed by atoms with van der Waals surface area (Å²) in [5.41, 5.74) is 6.36. The molecule has 0 fully saturated rings. The van der Waals surface area contributed by atoms with Crippen molar-refractivity contribution < 1.29 is 9.47 Å². The number of hydrogen-bond donors (Lipinski definition) is 1. The Labute approximate surface area is 99.0 Å². The monoisotopic (exact) mass is 234 g/mol. The summed E-state index contributed by atoms with van der Waals surface area (Å²) >= 11 is 0. The number of benzene rings is 1. The third kappa shape index (κ3) is 2.47. The number of methoxy groups -OCH3 is 1. The summed E-state index contributed by atoms with van der Waals surface area (Å²) in [7, 11) is 3.40. The third-order valence-electron chi connectivity index (χ3n) is 2.38. The van der Waals surface area contributed by atoms with Gasteiger partial charge in [0.1, 0.15) is 24.4 Å². The maximum absolute atomic E-state index is 5.80. The Hall–Kier alpha value is -2.24. The highest BCUT2D eigenvalue weighted by Crippen LogP contribution is 2.27. The maximum atomic E-state index is 5.80. The number of rotatable bonds is 4. The van der Waals surface area contributed by atoms with Crippen LogP contribution < -0.4 is 15.2 Å². The van der Waals surface area contributed by atoms with Crippen LogP contribution in [0.25, 0.3) is 0 Å². The number of anilines is 1. The van der Waals surface area contributed by atoms with Gasteiger partial charge in [-0.05, 0) is 12.1 Å². The smallest absolute Gasteiger partial charge is 0.164 e. The fourth-order valence-corrected chi connectivity index (χ4v) is 1.36. The SMILES string of the molecule is COc1ccc(N)c(OCc2ncnn2C)c1. The van der Waals surface area contributed by atoms with Gasteiger partial charge in [0.25, 0.3) is 0 Å². The van der Waals surface area contributed by atoms with Gasteiger partial charge in [0.15, 0.2) is 5.82 Å². The van der Waals surface area contributed by atoms with E-state index >= 15 is 0 Å². The highest BCUT2D eigenvalue weighted by atomic mass is 16.5. The molecule has 0 aliphatic heterocycles. The Balaban J connectivity index is 2.11. The van der Waals surface area contributed by atoms with Crippen LogP contribution in [0.1, 0.15) is 5.82 Å². The average Bonchev–Trinajstić information content (AvgIpc) is 2.74. The zero-order valence-corrected chi connectivity index (χ0v) is 9.75. The van der Waals surface area contributed by atoms with E-state index < -0.39 is 0 Å². The van der Waals surface area contributed by atoms with E-state index in [4.69, 9.17) is 15.2 Å². The number of nitrogens with two attached hydrogens (primary N) is 1.